The van der Waals surface area contributed by atoms with Crippen molar-refractivity contribution < 1.29 is 18.3 Å². The Morgan fingerprint density at radius 2 is 1.95 bits per heavy atom. The Balaban J connectivity index is 1.98. The first-order valence-corrected chi connectivity index (χ1v) is 8.21. The zero-order valence-corrected chi connectivity index (χ0v) is 12.5. The van der Waals surface area contributed by atoms with Crippen molar-refractivity contribution in [3.63, 3.8) is 0 Å². The van der Waals surface area contributed by atoms with Gasteiger partial charge in [0.05, 0.1) is 0 Å². The fourth-order valence-corrected chi connectivity index (χ4v) is 3.80. The Labute approximate surface area is 128 Å². The molecule has 2 heterocycles. The number of aliphatic hydroxyl groups is 1. The minimum atomic E-state index is -3.99. The van der Waals surface area contributed by atoms with E-state index in [0.717, 1.165) is 5.56 Å². The van der Waals surface area contributed by atoms with Gasteiger partial charge in [-0.25, -0.2) is 8.42 Å². The van der Waals surface area contributed by atoms with Gasteiger partial charge in [0.2, 0.25) is 10.0 Å². The summed E-state index contributed by atoms with van der Waals surface area (Å²) < 4.78 is 32.8. The van der Waals surface area contributed by atoms with E-state index in [1.165, 1.54) is 6.07 Å². The average molecular weight is 320 g/mol. The molecule has 22 heavy (non-hydrogen) atoms. The number of ether oxygens (including phenoxy) is 1. The summed E-state index contributed by atoms with van der Waals surface area (Å²) in [5.41, 5.74) is 4.84. The van der Waals surface area contributed by atoms with Crippen molar-refractivity contribution in [2.24, 2.45) is 5.73 Å². The van der Waals surface area contributed by atoms with Crippen molar-refractivity contribution in [1.29, 1.82) is 0 Å². The lowest BCUT2D eigenvalue weighted by molar-refractivity contribution is 0.0340. The topological polar surface area (TPSA) is 102 Å². The SMILES string of the molecule is NCC(O)(NS(=O)(=O)c1cc2ccc1OC2)c1ccccc1. The minimum Gasteiger partial charge on any atom is -0.487 e. The van der Waals surface area contributed by atoms with Crippen LogP contribution in [0, 0.1) is 0 Å². The predicted octanol–water partition coefficient (Wildman–Crippen LogP) is 0.661. The van der Waals surface area contributed by atoms with E-state index in [0.29, 0.717) is 12.2 Å². The summed E-state index contributed by atoms with van der Waals surface area (Å²) in [6.07, 6.45) is 0. The Bertz CT molecular complexity index is 792. The molecule has 0 saturated carbocycles. The van der Waals surface area contributed by atoms with E-state index < -0.39 is 15.7 Å². The third-order valence-electron chi connectivity index (χ3n) is 3.54. The maximum Gasteiger partial charge on any atom is 0.246 e. The Morgan fingerprint density at radius 1 is 1.23 bits per heavy atom. The van der Waals surface area contributed by atoms with Crippen molar-refractivity contribution in [1.82, 2.24) is 4.72 Å². The quantitative estimate of drug-likeness (QED) is 0.703. The molecule has 2 bridgehead atoms. The van der Waals surface area contributed by atoms with Crippen LogP contribution in [-0.2, 0) is 22.4 Å². The molecule has 0 aliphatic carbocycles. The summed E-state index contributed by atoms with van der Waals surface area (Å²) in [4.78, 5) is -0.000874. The predicted molar refractivity (Wildman–Crippen MR) is 80.5 cm³/mol. The van der Waals surface area contributed by atoms with Crippen LogP contribution in [0.3, 0.4) is 0 Å². The first kappa shape index (κ1) is 15.0. The molecule has 0 spiro atoms. The fourth-order valence-electron chi connectivity index (χ4n) is 2.34. The molecule has 6 nitrogen and oxygen atoms in total. The van der Waals surface area contributed by atoms with Gasteiger partial charge in [0.1, 0.15) is 17.3 Å². The first-order chi connectivity index (χ1) is 10.4. The van der Waals surface area contributed by atoms with Crippen LogP contribution >= 0.6 is 0 Å². The van der Waals surface area contributed by atoms with Gasteiger partial charge < -0.3 is 15.6 Å². The third-order valence-corrected chi connectivity index (χ3v) is 5.05. The second-order valence-corrected chi connectivity index (χ2v) is 6.76. The number of sulfonamides is 1. The van der Waals surface area contributed by atoms with Gasteiger partial charge in [0, 0.05) is 12.1 Å². The number of nitrogens with one attached hydrogen (secondary N) is 1. The molecule has 4 N–H and O–H groups in total. The summed E-state index contributed by atoms with van der Waals surface area (Å²) in [6.45, 7) is 0.0524. The lowest BCUT2D eigenvalue weighted by Gasteiger charge is -2.29. The first-order valence-electron chi connectivity index (χ1n) is 6.72. The molecular weight excluding hydrogens is 304 g/mol. The van der Waals surface area contributed by atoms with Crippen LogP contribution in [0.15, 0.2) is 53.4 Å². The second kappa shape index (κ2) is 5.36. The summed E-state index contributed by atoms with van der Waals surface area (Å²) >= 11 is 0. The number of nitrogens with two attached hydrogens (primary N) is 1. The molecule has 0 aromatic heterocycles. The van der Waals surface area contributed by atoms with E-state index in [9.17, 15) is 13.5 Å². The van der Waals surface area contributed by atoms with Crippen LogP contribution in [0.5, 0.6) is 5.75 Å². The van der Waals surface area contributed by atoms with Crippen molar-refractivity contribution in [2.75, 3.05) is 6.54 Å². The van der Waals surface area contributed by atoms with Crippen LogP contribution in [0.1, 0.15) is 11.1 Å². The highest BCUT2D eigenvalue weighted by molar-refractivity contribution is 7.89. The van der Waals surface area contributed by atoms with Crippen molar-refractivity contribution in [2.45, 2.75) is 17.2 Å². The molecule has 7 heteroatoms. The smallest absolute Gasteiger partial charge is 0.246 e. The molecular formula is C15H16N2O4S. The zero-order valence-electron chi connectivity index (χ0n) is 11.7. The molecule has 4 rings (SSSR count). The van der Waals surface area contributed by atoms with E-state index in [2.05, 4.69) is 4.72 Å². The zero-order chi connectivity index (χ0) is 15.8. The van der Waals surface area contributed by atoms with Gasteiger partial charge in [-0.05, 0) is 17.7 Å². The highest BCUT2D eigenvalue weighted by Crippen LogP contribution is 2.32. The van der Waals surface area contributed by atoms with Gasteiger partial charge in [0.15, 0.2) is 5.72 Å². The van der Waals surface area contributed by atoms with Gasteiger partial charge in [0.25, 0.3) is 0 Å². The number of benzene rings is 2. The molecule has 2 aliphatic rings. The molecule has 0 radical (unpaired) electrons. The van der Waals surface area contributed by atoms with Gasteiger partial charge >= 0.3 is 0 Å². The summed E-state index contributed by atoms with van der Waals surface area (Å²) in [5.74, 6) is 0.259. The van der Waals surface area contributed by atoms with Gasteiger partial charge in [-0.15, -0.1) is 0 Å². The molecule has 0 saturated heterocycles. The molecule has 116 valence electrons. The van der Waals surface area contributed by atoms with E-state index in [1.54, 1.807) is 42.5 Å². The summed E-state index contributed by atoms with van der Waals surface area (Å²) in [7, 11) is -3.99. The fraction of sp³-hybridized carbons (Fsp3) is 0.200. The van der Waals surface area contributed by atoms with Crippen LogP contribution in [-0.4, -0.2) is 20.1 Å². The molecule has 2 aromatic carbocycles. The van der Waals surface area contributed by atoms with Crippen molar-refractivity contribution in [3.05, 3.63) is 59.7 Å². The molecule has 1 unspecified atom stereocenters. The van der Waals surface area contributed by atoms with E-state index in [1.807, 2.05) is 0 Å². The van der Waals surface area contributed by atoms with Crippen LogP contribution in [0.25, 0.3) is 0 Å². The monoisotopic (exact) mass is 320 g/mol. The minimum absolute atomic E-state index is 0.000874. The van der Waals surface area contributed by atoms with Crippen LogP contribution in [0.4, 0.5) is 0 Å². The maximum absolute atomic E-state index is 12.6. The number of hydrogen-bond acceptors (Lipinski definition) is 5. The largest absolute Gasteiger partial charge is 0.487 e. The Kier molecular flexibility index (Phi) is 3.65. The Hall–Kier alpha value is -1.93. The number of rotatable bonds is 5. The van der Waals surface area contributed by atoms with Gasteiger partial charge in [-0.2, -0.15) is 4.72 Å². The third kappa shape index (κ3) is 2.59. The standard InChI is InChI=1S/C15H16N2O4S/c16-10-15(18,12-4-2-1-3-5-12)17-22(19,20)14-8-11-6-7-13(14)21-9-11/h1-8,17-18H,9-10,16H2. The van der Waals surface area contributed by atoms with Crippen molar-refractivity contribution in [3.8, 4) is 5.75 Å². The molecule has 0 amide bonds. The average Bonchev–Trinajstić information content (AvgIpc) is 2.56. The van der Waals surface area contributed by atoms with E-state index in [-0.39, 0.29) is 17.2 Å². The maximum atomic E-state index is 12.6. The number of fused-ring (bicyclic) bond motifs is 3. The highest BCUT2D eigenvalue weighted by Gasteiger charge is 2.35. The molecule has 2 aliphatic heterocycles. The van der Waals surface area contributed by atoms with Crippen LogP contribution < -0.4 is 15.2 Å². The van der Waals surface area contributed by atoms with E-state index in [4.69, 9.17) is 10.5 Å². The molecule has 1 atom stereocenters. The highest BCUT2D eigenvalue weighted by atomic mass is 32.2. The molecule has 2 aromatic rings. The van der Waals surface area contributed by atoms with E-state index >= 15 is 0 Å². The van der Waals surface area contributed by atoms with Gasteiger partial charge in [-0.3, -0.25) is 0 Å². The second-order valence-electron chi connectivity index (χ2n) is 5.11. The molecule has 0 fully saturated rings. The summed E-state index contributed by atoms with van der Waals surface area (Å²) in [6, 6.07) is 13.3. The van der Waals surface area contributed by atoms with Crippen LogP contribution in [0.2, 0.25) is 0 Å². The normalized spacial score (nSPS) is 16.1. The lowest BCUT2D eigenvalue weighted by atomic mass is 10.0. The van der Waals surface area contributed by atoms with Gasteiger partial charge in [-0.1, -0.05) is 36.4 Å². The summed E-state index contributed by atoms with van der Waals surface area (Å²) in [5, 5.41) is 10.6. The Morgan fingerprint density at radius 3 is 2.45 bits per heavy atom. The number of hydrogen-bond donors (Lipinski definition) is 3. The lowest BCUT2D eigenvalue weighted by Crippen LogP contribution is -2.51. The van der Waals surface area contributed by atoms with Crippen molar-refractivity contribution >= 4 is 10.0 Å².